The minimum atomic E-state index is 0. The van der Waals surface area contributed by atoms with Crippen LogP contribution in [0.5, 0.6) is 0 Å². The molecule has 3 rings (SSSR count). The molecular formula is C19H37IN4O3S. The van der Waals surface area contributed by atoms with E-state index in [-0.39, 0.29) is 29.5 Å². The van der Waals surface area contributed by atoms with Crippen molar-refractivity contribution in [2.45, 2.75) is 18.4 Å². The molecule has 164 valence electrons. The molecule has 3 fully saturated rings. The molecule has 9 heteroatoms. The van der Waals surface area contributed by atoms with Crippen molar-refractivity contribution >= 4 is 41.7 Å². The molecule has 3 aliphatic rings. The second kappa shape index (κ2) is 12.8. The second-order valence-corrected chi connectivity index (χ2v) is 8.80. The summed E-state index contributed by atoms with van der Waals surface area (Å²) in [6.07, 6.45) is 2.41. The van der Waals surface area contributed by atoms with Crippen LogP contribution < -0.4 is 5.32 Å². The van der Waals surface area contributed by atoms with Crippen molar-refractivity contribution in [3.63, 3.8) is 0 Å². The highest BCUT2D eigenvalue weighted by molar-refractivity contribution is 14.0. The van der Waals surface area contributed by atoms with Crippen LogP contribution in [0.15, 0.2) is 4.99 Å². The zero-order chi connectivity index (χ0) is 19.0. The molecule has 2 atom stereocenters. The van der Waals surface area contributed by atoms with Crippen LogP contribution in [0.1, 0.15) is 12.8 Å². The van der Waals surface area contributed by atoms with Crippen molar-refractivity contribution in [2.24, 2.45) is 10.9 Å². The Morgan fingerprint density at radius 1 is 1.29 bits per heavy atom. The fourth-order valence-electron chi connectivity index (χ4n) is 4.26. The Labute approximate surface area is 191 Å². The van der Waals surface area contributed by atoms with Gasteiger partial charge in [-0.1, -0.05) is 0 Å². The molecule has 3 saturated heterocycles. The maximum atomic E-state index is 5.72. The maximum absolute atomic E-state index is 5.72. The molecule has 0 radical (unpaired) electrons. The van der Waals surface area contributed by atoms with Gasteiger partial charge in [0.2, 0.25) is 0 Å². The highest BCUT2D eigenvalue weighted by Crippen LogP contribution is 2.33. The molecule has 28 heavy (non-hydrogen) atoms. The van der Waals surface area contributed by atoms with Gasteiger partial charge in [-0.15, -0.1) is 24.0 Å². The number of likely N-dealkylation sites (tertiary alicyclic amines) is 1. The lowest BCUT2D eigenvalue weighted by Gasteiger charge is -2.43. The van der Waals surface area contributed by atoms with Gasteiger partial charge in [0.1, 0.15) is 0 Å². The average molecular weight is 529 g/mol. The average Bonchev–Trinajstić information content (AvgIpc) is 3.37. The molecule has 0 aliphatic carbocycles. The van der Waals surface area contributed by atoms with Crippen molar-refractivity contribution in [1.82, 2.24) is 15.1 Å². The van der Waals surface area contributed by atoms with Gasteiger partial charge in [0.15, 0.2) is 5.96 Å². The number of nitrogens with one attached hydrogen (secondary N) is 1. The highest BCUT2D eigenvalue weighted by Gasteiger charge is 2.41. The smallest absolute Gasteiger partial charge is 0.193 e. The van der Waals surface area contributed by atoms with E-state index in [4.69, 9.17) is 14.2 Å². The van der Waals surface area contributed by atoms with Crippen molar-refractivity contribution in [1.29, 1.82) is 0 Å². The van der Waals surface area contributed by atoms with Crippen LogP contribution in [0.4, 0.5) is 0 Å². The van der Waals surface area contributed by atoms with E-state index in [0.29, 0.717) is 19.1 Å². The van der Waals surface area contributed by atoms with E-state index in [1.165, 1.54) is 17.9 Å². The minimum Gasteiger partial charge on any atom is -0.382 e. The molecule has 3 aliphatic heterocycles. The third-order valence-electron chi connectivity index (χ3n) is 5.92. The second-order valence-electron chi connectivity index (χ2n) is 7.70. The summed E-state index contributed by atoms with van der Waals surface area (Å²) in [5.74, 6) is 4.07. The molecular weight excluding hydrogens is 491 g/mol. The molecule has 0 aromatic rings. The Balaban J connectivity index is 0.00000280. The number of halogens is 1. The summed E-state index contributed by atoms with van der Waals surface area (Å²) < 4.78 is 16.3. The lowest BCUT2D eigenvalue weighted by molar-refractivity contribution is -0.0121. The zero-order valence-electron chi connectivity index (χ0n) is 17.4. The van der Waals surface area contributed by atoms with Crippen LogP contribution >= 0.6 is 35.7 Å². The number of rotatable bonds is 8. The predicted molar refractivity (Wildman–Crippen MR) is 126 cm³/mol. The van der Waals surface area contributed by atoms with E-state index in [9.17, 15) is 0 Å². The first kappa shape index (κ1) is 24.5. The van der Waals surface area contributed by atoms with Gasteiger partial charge in [-0.25, -0.2) is 0 Å². The summed E-state index contributed by atoms with van der Waals surface area (Å²) in [5.41, 5.74) is 0.243. The molecule has 0 spiro atoms. The van der Waals surface area contributed by atoms with Gasteiger partial charge in [-0.3, -0.25) is 9.89 Å². The number of methoxy groups -OCH3 is 1. The van der Waals surface area contributed by atoms with Crippen LogP contribution in [0.2, 0.25) is 0 Å². The third kappa shape index (κ3) is 6.60. The monoisotopic (exact) mass is 528 g/mol. The number of morpholine rings is 1. The molecule has 0 bridgehead atoms. The van der Waals surface area contributed by atoms with Crippen LogP contribution in [0.3, 0.4) is 0 Å². The first-order chi connectivity index (χ1) is 13.3. The normalized spacial score (nSPS) is 29.1. The van der Waals surface area contributed by atoms with Crippen LogP contribution in [0.25, 0.3) is 0 Å². The molecule has 0 amide bonds. The Bertz CT molecular complexity index is 474. The quantitative estimate of drug-likeness (QED) is 0.221. The number of nitrogens with zero attached hydrogens (tertiary/aromatic N) is 3. The topological polar surface area (TPSA) is 58.6 Å². The van der Waals surface area contributed by atoms with E-state index in [2.05, 4.69) is 31.9 Å². The van der Waals surface area contributed by atoms with Crippen molar-refractivity contribution in [3.8, 4) is 0 Å². The lowest BCUT2D eigenvalue weighted by Crippen LogP contribution is -2.60. The third-order valence-corrected chi connectivity index (χ3v) is 7.16. The Morgan fingerprint density at radius 3 is 2.79 bits per heavy atom. The molecule has 2 unspecified atom stereocenters. The van der Waals surface area contributed by atoms with Crippen LogP contribution in [-0.2, 0) is 14.2 Å². The molecule has 3 heterocycles. The number of thioether (sulfide) groups is 1. The van der Waals surface area contributed by atoms with Gasteiger partial charge in [0.05, 0.1) is 33.0 Å². The fourth-order valence-corrected chi connectivity index (χ4v) is 5.74. The number of aliphatic imine (C=N–C) groups is 1. The van der Waals surface area contributed by atoms with Gasteiger partial charge in [-0.2, -0.15) is 11.8 Å². The fraction of sp³-hybridized carbons (Fsp3) is 0.947. The first-order valence-corrected chi connectivity index (χ1v) is 11.4. The molecule has 0 aromatic carbocycles. The Kier molecular flexibility index (Phi) is 11.2. The SMILES string of the molecule is CN=C(NCC1(N2CCOCC2)CCSC1)N1CCC(COCCOC)C1.I. The standard InChI is InChI=1S/C19H36N4O3S.HI/c1-20-18(22-5-3-17(13-22)14-26-11-10-24-2)21-15-19(4-12-27-16-19)23-6-8-25-9-7-23;/h17H,3-16H2,1-2H3,(H,20,21);1H. The van der Waals surface area contributed by atoms with Gasteiger partial charge in [0.25, 0.3) is 0 Å². The summed E-state index contributed by atoms with van der Waals surface area (Å²) in [6, 6.07) is 0. The highest BCUT2D eigenvalue weighted by atomic mass is 127. The van der Waals surface area contributed by atoms with E-state index < -0.39 is 0 Å². The van der Waals surface area contributed by atoms with Gasteiger partial charge < -0.3 is 24.4 Å². The number of guanidine groups is 1. The van der Waals surface area contributed by atoms with Gasteiger partial charge in [0, 0.05) is 64.1 Å². The number of hydrogen-bond donors (Lipinski definition) is 1. The summed E-state index contributed by atoms with van der Waals surface area (Å²) in [7, 11) is 3.61. The number of hydrogen-bond acceptors (Lipinski definition) is 6. The predicted octanol–water partition coefficient (Wildman–Crippen LogP) is 1.37. The Hall–Kier alpha value is 0.190. The van der Waals surface area contributed by atoms with E-state index in [1.807, 2.05) is 7.05 Å². The van der Waals surface area contributed by atoms with E-state index in [0.717, 1.165) is 64.9 Å². The summed E-state index contributed by atoms with van der Waals surface area (Å²) >= 11 is 2.08. The van der Waals surface area contributed by atoms with Crippen molar-refractivity contribution < 1.29 is 14.2 Å². The van der Waals surface area contributed by atoms with Crippen molar-refractivity contribution in [2.75, 3.05) is 91.4 Å². The van der Waals surface area contributed by atoms with Crippen LogP contribution in [-0.4, -0.2) is 113 Å². The molecule has 7 nitrogen and oxygen atoms in total. The van der Waals surface area contributed by atoms with E-state index in [1.54, 1.807) is 7.11 Å². The lowest BCUT2D eigenvalue weighted by atomic mass is 9.95. The van der Waals surface area contributed by atoms with E-state index >= 15 is 0 Å². The largest absolute Gasteiger partial charge is 0.382 e. The maximum Gasteiger partial charge on any atom is 0.193 e. The van der Waals surface area contributed by atoms with Gasteiger partial charge >= 0.3 is 0 Å². The minimum absolute atomic E-state index is 0. The summed E-state index contributed by atoms with van der Waals surface area (Å²) in [6.45, 7) is 9.01. The Morgan fingerprint density at radius 2 is 2.11 bits per heavy atom. The molecule has 1 N–H and O–H groups in total. The van der Waals surface area contributed by atoms with Crippen LogP contribution in [0, 0.1) is 5.92 Å². The first-order valence-electron chi connectivity index (χ1n) is 10.2. The molecule has 0 aromatic heterocycles. The number of ether oxygens (including phenoxy) is 3. The molecule has 0 saturated carbocycles. The summed E-state index contributed by atoms with van der Waals surface area (Å²) in [5, 5.41) is 3.71. The van der Waals surface area contributed by atoms with Crippen molar-refractivity contribution in [3.05, 3.63) is 0 Å². The zero-order valence-corrected chi connectivity index (χ0v) is 20.5. The summed E-state index contributed by atoms with van der Waals surface area (Å²) in [4.78, 5) is 9.61. The van der Waals surface area contributed by atoms with Gasteiger partial charge in [-0.05, 0) is 18.6 Å².